The molecule has 0 atom stereocenters. The number of pyridine rings is 1. The van der Waals surface area contributed by atoms with Crippen molar-refractivity contribution in [3.63, 3.8) is 0 Å². The molecule has 4 rings (SSSR count). The lowest BCUT2D eigenvalue weighted by Crippen LogP contribution is -2.09. The Hall–Kier alpha value is -2.67. The highest BCUT2D eigenvalue weighted by Crippen LogP contribution is 2.30. The fourth-order valence-corrected chi connectivity index (χ4v) is 3.27. The molecule has 1 aromatic heterocycles. The predicted molar refractivity (Wildman–Crippen MR) is 108 cm³/mol. The quantitative estimate of drug-likeness (QED) is 0.376. The summed E-state index contributed by atoms with van der Waals surface area (Å²) < 4.78 is 17.1. The van der Waals surface area contributed by atoms with Gasteiger partial charge in [-0.05, 0) is 57.1 Å². The van der Waals surface area contributed by atoms with E-state index in [-0.39, 0.29) is 0 Å². The molecule has 0 aliphatic rings. The van der Waals surface area contributed by atoms with Gasteiger partial charge in [0.05, 0.1) is 5.69 Å². The Morgan fingerprint density at radius 2 is 1.60 bits per heavy atom. The fourth-order valence-electron chi connectivity index (χ4n) is 3.27. The number of nitrogens with zero attached hydrogens (tertiary/aromatic N) is 1. The molecule has 0 unspecified atom stereocenters. The van der Waals surface area contributed by atoms with E-state index in [0.717, 1.165) is 16.6 Å². The molecule has 0 N–H and O–H groups in total. The molecule has 0 spiro atoms. The minimum Gasteiger partial charge on any atom is -0.256 e. The van der Waals surface area contributed by atoms with Crippen LogP contribution in [0.15, 0.2) is 72.9 Å². The van der Waals surface area contributed by atoms with Crippen LogP contribution in [0, 0.1) is 5.41 Å². The van der Waals surface area contributed by atoms with Crippen LogP contribution in [0.1, 0.15) is 29.1 Å². The van der Waals surface area contributed by atoms with Crippen molar-refractivity contribution in [2.75, 3.05) is 0 Å². The maximum absolute atomic E-state index is 8.54. The van der Waals surface area contributed by atoms with Gasteiger partial charge in [-0.1, -0.05) is 69.3 Å². The van der Waals surface area contributed by atoms with Crippen molar-refractivity contribution >= 4 is 21.5 Å². The molecule has 0 aliphatic carbocycles. The molecule has 0 saturated heterocycles. The van der Waals surface area contributed by atoms with Crippen molar-refractivity contribution < 1.29 is 2.74 Å². The second kappa shape index (κ2) is 6.00. The normalized spacial score (nSPS) is 13.7. The number of fused-ring (bicyclic) bond motifs is 3. The zero-order valence-corrected chi connectivity index (χ0v) is 14.9. The highest BCUT2D eigenvalue weighted by Gasteiger charge is 2.12. The number of rotatable bonds is 2. The largest absolute Gasteiger partial charge is 0.256 e. The zero-order valence-electron chi connectivity index (χ0n) is 16.9. The van der Waals surface area contributed by atoms with E-state index in [1.165, 1.54) is 16.2 Å². The van der Waals surface area contributed by atoms with Crippen LogP contribution >= 0.6 is 0 Å². The molecule has 25 heavy (non-hydrogen) atoms. The lowest BCUT2D eigenvalue weighted by Gasteiger charge is -2.18. The Labute approximate surface area is 152 Å². The first-order valence-electron chi connectivity index (χ1n) is 9.66. The topological polar surface area (TPSA) is 12.9 Å². The molecular weight excluding hydrogens is 302 g/mol. The molecular formula is C24H23N. The monoisotopic (exact) mass is 327 g/mol. The Morgan fingerprint density at radius 1 is 0.840 bits per heavy atom. The van der Waals surface area contributed by atoms with Crippen molar-refractivity contribution in [3.05, 3.63) is 78.5 Å². The lowest BCUT2D eigenvalue weighted by molar-refractivity contribution is 0.411. The van der Waals surface area contributed by atoms with Crippen LogP contribution in [0.3, 0.4) is 0 Å². The Kier molecular flexibility index (Phi) is 3.26. The van der Waals surface area contributed by atoms with Crippen molar-refractivity contribution in [1.29, 1.82) is 0 Å². The Morgan fingerprint density at radius 3 is 2.44 bits per heavy atom. The Bertz CT molecular complexity index is 1140. The van der Waals surface area contributed by atoms with Crippen LogP contribution < -0.4 is 0 Å². The first-order valence-corrected chi connectivity index (χ1v) is 8.66. The van der Waals surface area contributed by atoms with Gasteiger partial charge in [-0.3, -0.25) is 4.98 Å². The van der Waals surface area contributed by atoms with Gasteiger partial charge in [0, 0.05) is 14.5 Å². The minimum atomic E-state index is -1.43. The number of aromatic nitrogens is 1. The van der Waals surface area contributed by atoms with Gasteiger partial charge in [0.15, 0.2) is 0 Å². The van der Waals surface area contributed by atoms with Gasteiger partial charge in [0.1, 0.15) is 0 Å². The van der Waals surface area contributed by atoms with Crippen LogP contribution in [-0.4, -0.2) is 4.98 Å². The van der Waals surface area contributed by atoms with E-state index < -0.39 is 11.8 Å². The average Bonchev–Trinajstić information content (AvgIpc) is 2.66. The van der Waals surface area contributed by atoms with E-state index in [9.17, 15) is 0 Å². The molecule has 1 heteroatoms. The predicted octanol–water partition coefficient (Wildman–Crippen LogP) is 6.64. The summed E-state index contributed by atoms with van der Waals surface area (Å²) in [7, 11) is 0. The van der Waals surface area contributed by atoms with Crippen LogP contribution in [0.5, 0.6) is 0 Å². The summed E-state index contributed by atoms with van der Waals surface area (Å²) in [6.07, 6.45) is 0.274. The van der Waals surface area contributed by atoms with Gasteiger partial charge in [-0.2, -0.15) is 0 Å². The maximum Gasteiger partial charge on any atom is 0.0704 e. The first-order chi connectivity index (χ1) is 12.8. The van der Waals surface area contributed by atoms with E-state index in [1.807, 2.05) is 26.8 Å². The molecule has 0 bridgehead atoms. The van der Waals surface area contributed by atoms with E-state index in [1.54, 1.807) is 12.3 Å². The molecule has 0 saturated carbocycles. The molecule has 1 heterocycles. The van der Waals surface area contributed by atoms with Crippen LogP contribution in [0.25, 0.3) is 32.8 Å². The standard InChI is InChI=1S/C24H23N/c1-24(2,3)16-17-12-13-25-23(14-17)20-10-11-22-19(15-20)9-8-18-6-4-5-7-21(18)22/h4-15H,16H2,1-3H3/i16D2. The molecule has 124 valence electrons. The third kappa shape index (κ3) is 3.28. The van der Waals surface area contributed by atoms with E-state index in [4.69, 9.17) is 2.74 Å². The van der Waals surface area contributed by atoms with E-state index >= 15 is 0 Å². The molecule has 3 aromatic carbocycles. The molecule has 0 radical (unpaired) electrons. The minimum absolute atomic E-state index is 0.492. The lowest BCUT2D eigenvalue weighted by atomic mass is 9.88. The third-order valence-corrected chi connectivity index (χ3v) is 4.32. The van der Waals surface area contributed by atoms with Crippen molar-refractivity contribution in [2.45, 2.75) is 27.1 Å². The van der Waals surface area contributed by atoms with Crippen molar-refractivity contribution in [2.24, 2.45) is 5.41 Å². The highest BCUT2D eigenvalue weighted by atomic mass is 14.7. The summed E-state index contributed by atoms with van der Waals surface area (Å²) in [6, 6.07) is 22.7. The average molecular weight is 327 g/mol. The van der Waals surface area contributed by atoms with Crippen molar-refractivity contribution in [3.8, 4) is 11.3 Å². The van der Waals surface area contributed by atoms with Gasteiger partial charge in [-0.15, -0.1) is 0 Å². The molecule has 0 aliphatic heterocycles. The summed E-state index contributed by atoms with van der Waals surface area (Å²) in [5, 5.41) is 4.86. The number of hydrogen-bond donors (Lipinski definition) is 0. The number of hydrogen-bond acceptors (Lipinski definition) is 1. The highest BCUT2D eigenvalue weighted by molar-refractivity contribution is 6.08. The van der Waals surface area contributed by atoms with Crippen LogP contribution in [0.4, 0.5) is 0 Å². The summed E-state index contributed by atoms with van der Waals surface area (Å²) in [4.78, 5) is 4.51. The van der Waals surface area contributed by atoms with E-state index in [2.05, 4.69) is 59.6 Å². The first kappa shape index (κ1) is 13.6. The molecule has 1 nitrogen and oxygen atoms in total. The zero-order chi connectivity index (χ0) is 19.2. The maximum atomic E-state index is 8.54. The molecule has 0 amide bonds. The number of benzene rings is 3. The van der Waals surface area contributed by atoms with Crippen LogP contribution in [0.2, 0.25) is 0 Å². The van der Waals surface area contributed by atoms with Gasteiger partial charge in [-0.25, -0.2) is 0 Å². The third-order valence-electron chi connectivity index (χ3n) is 4.32. The SMILES string of the molecule is [2H]C([2H])(c1ccnc(-c2ccc3c(ccc4ccccc43)c2)c1)C(C)(C)C. The molecule has 0 fully saturated rings. The van der Waals surface area contributed by atoms with Gasteiger partial charge < -0.3 is 0 Å². The van der Waals surface area contributed by atoms with Crippen molar-refractivity contribution in [1.82, 2.24) is 4.98 Å². The fraction of sp³-hybridized carbons (Fsp3) is 0.208. The summed E-state index contributed by atoms with van der Waals surface area (Å²) in [5.74, 6) is 0. The van der Waals surface area contributed by atoms with Gasteiger partial charge in [0.25, 0.3) is 0 Å². The Balaban J connectivity index is 1.83. The van der Waals surface area contributed by atoms with Gasteiger partial charge >= 0.3 is 0 Å². The van der Waals surface area contributed by atoms with Gasteiger partial charge in [0.2, 0.25) is 0 Å². The summed E-state index contributed by atoms with van der Waals surface area (Å²) >= 11 is 0. The van der Waals surface area contributed by atoms with E-state index in [0.29, 0.717) is 5.56 Å². The smallest absolute Gasteiger partial charge is 0.0704 e. The second-order valence-electron chi connectivity index (χ2n) is 7.53. The molecule has 4 aromatic rings. The van der Waals surface area contributed by atoms with Crippen LogP contribution in [-0.2, 0) is 6.37 Å². The summed E-state index contributed by atoms with van der Waals surface area (Å²) in [6.45, 7) is 5.77. The second-order valence-corrected chi connectivity index (χ2v) is 7.53. The summed E-state index contributed by atoms with van der Waals surface area (Å²) in [5.41, 5.74) is 1.98.